The molecule has 0 saturated carbocycles. The Hall–Kier alpha value is -3.77. The first-order chi connectivity index (χ1) is 15.3. The van der Waals surface area contributed by atoms with E-state index in [0.717, 1.165) is 11.3 Å². The molecule has 2 aliphatic rings. The standard InChI is InChI=1S/C22H19ClN4O5/c1-22(14-4-6-17-18(9-14)32-8-2-7-31-17)20(29)27(21(30)26-22)12-19(28)25-15-5-3-13(11-24)16(23)10-15/h3-6,9-10H,2,7-8,12H2,1H3,(H,25,28)(H,26,30)/t22-/m0/s1. The van der Waals surface area contributed by atoms with Gasteiger partial charge in [-0.05, 0) is 42.8 Å². The summed E-state index contributed by atoms with van der Waals surface area (Å²) >= 11 is 5.97. The lowest BCUT2D eigenvalue weighted by atomic mass is 9.91. The van der Waals surface area contributed by atoms with E-state index in [1.165, 1.54) is 18.2 Å². The van der Waals surface area contributed by atoms with Gasteiger partial charge in [-0.2, -0.15) is 5.26 Å². The molecule has 0 radical (unpaired) electrons. The summed E-state index contributed by atoms with van der Waals surface area (Å²) in [6, 6.07) is 10.7. The van der Waals surface area contributed by atoms with Gasteiger partial charge in [-0.3, -0.25) is 14.5 Å². The Morgan fingerprint density at radius 3 is 2.69 bits per heavy atom. The second-order valence-corrected chi connectivity index (χ2v) is 7.92. The first kappa shape index (κ1) is 21.5. The number of fused-ring (bicyclic) bond motifs is 1. The summed E-state index contributed by atoms with van der Waals surface area (Å²) in [6.07, 6.45) is 0.740. The minimum atomic E-state index is -1.36. The lowest BCUT2D eigenvalue weighted by Gasteiger charge is -2.23. The van der Waals surface area contributed by atoms with E-state index in [9.17, 15) is 14.4 Å². The lowest BCUT2D eigenvalue weighted by molar-refractivity contribution is -0.133. The predicted octanol–water partition coefficient (Wildman–Crippen LogP) is 2.78. The molecule has 0 aliphatic carbocycles. The highest BCUT2D eigenvalue weighted by Gasteiger charge is 2.49. The normalized spacial score (nSPS) is 19.7. The number of benzene rings is 2. The Morgan fingerprint density at radius 2 is 1.97 bits per heavy atom. The number of hydrogen-bond acceptors (Lipinski definition) is 6. The maximum atomic E-state index is 13.1. The number of anilines is 1. The monoisotopic (exact) mass is 454 g/mol. The molecule has 0 aromatic heterocycles. The highest BCUT2D eigenvalue weighted by Crippen LogP contribution is 2.36. The molecule has 2 heterocycles. The van der Waals surface area contributed by atoms with Crippen LogP contribution in [0, 0.1) is 11.3 Å². The first-order valence-electron chi connectivity index (χ1n) is 9.85. The Labute approximate surface area is 188 Å². The van der Waals surface area contributed by atoms with Gasteiger partial charge in [0.1, 0.15) is 18.2 Å². The van der Waals surface area contributed by atoms with E-state index < -0.39 is 29.9 Å². The van der Waals surface area contributed by atoms with Gasteiger partial charge in [-0.15, -0.1) is 0 Å². The molecule has 9 nitrogen and oxygen atoms in total. The van der Waals surface area contributed by atoms with Gasteiger partial charge in [0.15, 0.2) is 11.5 Å². The molecular formula is C22H19ClN4O5. The van der Waals surface area contributed by atoms with Crippen LogP contribution in [0.25, 0.3) is 0 Å². The second kappa shape index (κ2) is 8.40. The number of ether oxygens (including phenoxy) is 2. The van der Waals surface area contributed by atoms with Crippen LogP contribution in [0.2, 0.25) is 5.02 Å². The molecule has 4 rings (SSSR count). The van der Waals surface area contributed by atoms with Gasteiger partial charge < -0.3 is 20.1 Å². The van der Waals surface area contributed by atoms with Crippen LogP contribution in [0.5, 0.6) is 11.5 Å². The fraction of sp³-hybridized carbons (Fsp3) is 0.273. The molecule has 2 aromatic carbocycles. The highest BCUT2D eigenvalue weighted by atomic mass is 35.5. The van der Waals surface area contributed by atoms with Crippen LogP contribution in [0.1, 0.15) is 24.5 Å². The van der Waals surface area contributed by atoms with Crippen molar-refractivity contribution in [1.82, 2.24) is 10.2 Å². The molecule has 2 aliphatic heterocycles. The van der Waals surface area contributed by atoms with Crippen molar-refractivity contribution in [3.05, 3.63) is 52.5 Å². The van der Waals surface area contributed by atoms with Crippen LogP contribution in [-0.4, -0.2) is 42.5 Å². The van der Waals surface area contributed by atoms with Crippen LogP contribution in [0.3, 0.4) is 0 Å². The lowest BCUT2D eigenvalue weighted by Crippen LogP contribution is -2.42. The van der Waals surface area contributed by atoms with E-state index in [4.69, 9.17) is 26.3 Å². The average molecular weight is 455 g/mol. The minimum absolute atomic E-state index is 0.183. The van der Waals surface area contributed by atoms with Gasteiger partial charge in [-0.1, -0.05) is 17.7 Å². The quantitative estimate of drug-likeness (QED) is 0.685. The number of hydrogen-bond donors (Lipinski definition) is 2. The third-order valence-corrected chi connectivity index (χ3v) is 5.59. The van der Waals surface area contributed by atoms with E-state index >= 15 is 0 Å². The molecule has 0 spiro atoms. The molecule has 1 fully saturated rings. The number of imide groups is 1. The first-order valence-corrected chi connectivity index (χ1v) is 10.2. The summed E-state index contributed by atoms with van der Waals surface area (Å²) in [5, 5.41) is 14.4. The van der Waals surface area contributed by atoms with Gasteiger partial charge in [-0.25, -0.2) is 4.79 Å². The molecule has 2 N–H and O–H groups in total. The minimum Gasteiger partial charge on any atom is -0.490 e. The third-order valence-electron chi connectivity index (χ3n) is 5.27. The van der Waals surface area contributed by atoms with E-state index in [2.05, 4.69) is 10.6 Å². The van der Waals surface area contributed by atoms with Gasteiger partial charge >= 0.3 is 6.03 Å². The number of nitriles is 1. The smallest absolute Gasteiger partial charge is 0.325 e. The largest absolute Gasteiger partial charge is 0.490 e. The molecular weight excluding hydrogens is 436 g/mol. The van der Waals surface area contributed by atoms with Crippen molar-refractivity contribution < 1.29 is 23.9 Å². The number of carbonyl (C=O) groups is 3. The number of nitrogens with zero attached hydrogens (tertiary/aromatic N) is 2. The fourth-order valence-electron chi connectivity index (χ4n) is 3.54. The van der Waals surface area contributed by atoms with Crippen molar-refractivity contribution in [2.24, 2.45) is 0 Å². The zero-order valence-corrected chi connectivity index (χ0v) is 17.9. The van der Waals surface area contributed by atoms with Crippen LogP contribution in [0.15, 0.2) is 36.4 Å². The van der Waals surface area contributed by atoms with Crippen molar-refractivity contribution >= 4 is 35.1 Å². The van der Waals surface area contributed by atoms with Crippen molar-refractivity contribution in [3.8, 4) is 17.6 Å². The van der Waals surface area contributed by atoms with Crippen molar-refractivity contribution in [2.45, 2.75) is 18.9 Å². The molecule has 32 heavy (non-hydrogen) atoms. The van der Waals surface area contributed by atoms with E-state index in [1.807, 2.05) is 6.07 Å². The molecule has 2 aromatic rings. The van der Waals surface area contributed by atoms with Crippen LogP contribution in [-0.2, 0) is 15.1 Å². The number of urea groups is 1. The van der Waals surface area contributed by atoms with Crippen molar-refractivity contribution in [3.63, 3.8) is 0 Å². The van der Waals surface area contributed by atoms with E-state index in [1.54, 1.807) is 25.1 Å². The van der Waals surface area contributed by atoms with Gasteiger partial charge in [0, 0.05) is 12.1 Å². The molecule has 1 atom stereocenters. The molecule has 10 heteroatoms. The SMILES string of the molecule is C[C@@]1(c2ccc3c(c2)OCCCO3)NC(=O)N(CC(=O)Nc2ccc(C#N)c(Cl)c2)C1=O. The van der Waals surface area contributed by atoms with Gasteiger partial charge in [0.25, 0.3) is 5.91 Å². The molecule has 0 bridgehead atoms. The molecule has 0 unspecified atom stereocenters. The maximum Gasteiger partial charge on any atom is 0.325 e. The van der Waals surface area contributed by atoms with Crippen molar-refractivity contribution in [2.75, 3.05) is 25.1 Å². The Morgan fingerprint density at radius 1 is 1.22 bits per heavy atom. The van der Waals surface area contributed by atoms with Crippen LogP contribution >= 0.6 is 11.6 Å². The number of halogens is 1. The molecule has 4 amide bonds. The van der Waals surface area contributed by atoms with Crippen LogP contribution < -0.4 is 20.1 Å². The van der Waals surface area contributed by atoms with Crippen molar-refractivity contribution in [1.29, 1.82) is 5.26 Å². The van der Waals surface area contributed by atoms with Crippen LogP contribution in [0.4, 0.5) is 10.5 Å². The highest BCUT2D eigenvalue weighted by molar-refractivity contribution is 6.32. The Kier molecular flexibility index (Phi) is 5.63. The Balaban J connectivity index is 1.50. The molecule has 1 saturated heterocycles. The summed E-state index contributed by atoms with van der Waals surface area (Å²) in [7, 11) is 0. The maximum absolute atomic E-state index is 13.1. The van der Waals surface area contributed by atoms with Gasteiger partial charge in [0.05, 0.1) is 23.8 Å². The number of carbonyl (C=O) groups excluding carboxylic acids is 3. The Bertz CT molecular complexity index is 1160. The predicted molar refractivity (Wildman–Crippen MR) is 114 cm³/mol. The number of amides is 4. The number of nitrogens with one attached hydrogen (secondary N) is 2. The number of rotatable bonds is 4. The zero-order chi connectivity index (χ0) is 22.9. The fourth-order valence-corrected chi connectivity index (χ4v) is 3.76. The third kappa shape index (κ3) is 3.92. The summed E-state index contributed by atoms with van der Waals surface area (Å²) in [5.41, 5.74) is -0.233. The average Bonchev–Trinajstić information content (AvgIpc) is 2.93. The second-order valence-electron chi connectivity index (χ2n) is 7.51. The summed E-state index contributed by atoms with van der Waals surface area (Å²) in [6.45, 7) is 2.11. The topological polar surface area (TPSA) is 121 Å². The summed E-state index contributed by atoms with van der Waals surface area (Å²) in [4.78, 5) is 39.0. The van der Waals surface area contributed by atoms with E-state index in [-0.39, 0.29) is 10.6 Å². The zero-order valence-electron chi connectivity index (χ0n) is 17.1. The summed E-state index contributed by atoms with van der Waals surface area (Å²) < 4.78 is 11.3. The van der Waals surface area contributed by atoms with E-state index in [0.29, 0.717) is 36.0 Å². The molecule has 164 valence electrons. The summed E-state index contributed by atoms with van der Waals surface area (Å²) in [5.74, 6) is -0.0803. The van der Waals surface area contributed by atoms with Gasteiger partial charge in [0.2, 0.25) is 5.91 Å².